The predicted molar refractivity (Wildman–Crippen MR) is 103 cm³/mol. The zero-order chi connectivity index (χ0) is 20.9. The van der Waals surface area contributed by atoms with Crippen molar-refractivity contribution in [1.82, 2.24) is 15.0 Å². The largest absolute Gasteiger partial charge is 0.465 e. The van der Waals surface area contributed by atoms with Gasteiger partial charge in [0, 0.05) is 18.1 Å². The summed E-state index contributed by atoms with van der Waals surface area (Å²) in [4.78, 5) is 23.7. The number of thiazole rings is 1. The average Bonchev–Trinajstić information content (AvgIpc) is 3.16. The lowest BCUT2D eigenvalue weighted by Crippen LogP contribution is -2.16. The Kier molecular flexibility index (Phi) is 6.27. The minimum Gasteiger partial charge on any atom is -0.465 e. The number of alkyl halides is 3. The molecule has 2 N–H and O–H groups in total. The number of carbonyl (C=O) groups excluding carboxylic acids is 1. The first-order chi connectivity index (χ1) is 13.8. The summed E-state index contributed by atoms with van der Waals surface area (Å²) in [7, 11) is 0. The van der Waals surface area contributed by atoms with E-state index in [1.165, 1.54) is 11.3 Å². The minimum atomic E-state index is -4.54. The molecule has 0 saturated heterocycles. The second-order valence-electron chi connectivity index (χ2n) is 5.66. The molecule has 1 aromatic carbocycles. The number of hydrogen-bond acceptors (Lipinski definition) is 8. The van der Waals surface area contributed by atoms with Crippen molar-refractivity contribution >= 4 is 34.1 Å². The number of rotatable bonds is 7. The molecule has 0 saturated carbocycles. The van der Waals surface area contributed by atoms with Crippen LogP contribution >= 0.6 is 11.3 Å². The standard InChI is InChI=1S/C18H16F3N5O2S/c1-2-28-15(27)10-24-17-23-9-13(29-17)11-4-3-5-12(8-11)25-16-22-7-6-14(26-16)18(19,20)21/h3-9H,2,10H2,1H3,(H,23,24)(H,22,25,26). The van der Waals surface area contributed by atoms with E-state index in [9.17, 15) is 18.0 Å². The second kappa shape index (κ2) is 8.86. The van der Waals surface area contributed by atoms with Gasteiger partial charge in [0.05, 0.1) is 11.5 Å². The van der Waals surface area contributed by atoms with Crippen LogP contribution in [0.3, 0.4) is 0 Å². The Morgan fingerprint density at radius 3 is 2.83 bits per heavy atom. The van der Waals surface area contributed by atoms with E-state index in [0.29, 0.717) is 17.4 Å². The first kappa shape index (κ1) is 20.5. The molecule has 0 amide bonds. The number of nitrogens with zero attached hydrogens (tertiary/aromatic N) is 3. The Labute approximate surface area is 168 Å². The van der Waals surface area contributed by atoms with Crippen molar-refractivity contribution in [2.24, 2.45) is 0 Å². The van der Waals surface area contributed by atoms with Crippen molar-refractivity contribution < 1.29 is 22.7 Å². The van der Waals surface area contributed by atoms with Crippen molar-refractivity contribution in [2.45, 2.75) is 13.1 Å². The normalized spacial score (nSPS) is 11.2. The molecule has 7 nitrogen and oxygen atoms in total. The number of ether oxygens (including phenoxy) is 1. The van der Waals surface area contributed by atoms with Gasteiger partial charge >= 0.3 is 12.1 Å². The van der Waals surface area contributed by atoms with E-state index in [-0.39, 0.29) is 18.5 Å². The molecule has 0 atom stereocenters. The van der Waals surface area contributed by atoms with E-state index < -0.39 is 11.9 Å². The van der Waals surface area contributed by atoms with Crippen molar-refractivity contribution in [3.8, 4) is 10.4 Å². The highest BCUT2D eigenvalue weighted by Gasteiger charge is 2.32. The van der Waals surface area contributed by atoms with Gasteiger partial charge in [0.1, 0.15) is 12.2 Å². The fraction of sp³-hybridized carbons (Fsp3) is 0.222. The van der Waals surface area contributed by atoms with Gasteiger partial charge in [-0.25, -0.2) is 15.0 Å². The molecule has 0 aliphatic carbocycles. The van der Waals surface area contributed by atoms with Gasteiger partial charge in [-0.1, -0.05) is 23.5 Å². The molecule has 2 aromatic heterocycles. The first-order valence-corrected chi connectivity index (χ1v) is 9.30. The number of anilines is 3. The highest BCUT2D eigenvalue weighted by molar-refractivity contribution is 7.18. The minimum absolute atomic E-state index is 0.00920. The van der Waals surface area contributed by atoms with Crippen LogP contribution in [-0.2, 0) is 15.7 Å². The van der Waals surface area contributed by atoms with Gasteiger partial charge in [-0.15, -0.1) is 0 Å². The maximum Gasteiger partial charge on any atom is 0.433 e. The number of hydrogen-bond donors (Lipinski definition) is 2. The van der Waals surface area contributed by atoms with Crippen molar-refractivity contribution in [2.75, 3.05) is 23.8 Å². The number of nitrogens with one attached hydrogen (secondary N) is 2. The molecule has 0 fully saturated rings. The number of aromatic nitrogens is 3. The Morgan fingerprint density at radius 2 is 2.07 bits per heavy atom. The fourth-order valence-corrected chi connectivity index (χ4v) is 3.11. The lowest BCUT2D eigenvalue weighted by atomic mass is 10.2. The van der Waals surface area contributed by atoms with Crippen LogP contribution in [0.1, 0.15) is 12.6 Å². The van der Waals surface area contributed by atoms with Gasteiger partial charge in [0.15, 0.2) is 5.13 Å². The molecule has 152 valence electrons. The number of esters is 1. The zero-order valence-corrected chi connectivity index (χ0v) is 16.0. The molecule has 3 aromatic rings. The van der Waals surface area contributed by atoms with Crippen LogP contribution in [0.2, 0.25) is 0 Å². The average molecular weight is 423 g/mol. The SMILES string of the molecule is CCOC(=O)CNc1ncc(-c2cccc(Nc3nccc(C(F)(F)F)n3)c2)s1. The van der Waals surface area contributed by atoms with Gasteiger partial charge in [-0.05, 0) is 30.7 Å². The van der Waals surface area contributed by atoms with E-state index in [4.69, 9.17) is 4.74 Å². The summed E-state index contributed by atoms with van der Waals surface area (Å²) < 4.78 is 43.2. The van der Waals surface area contributed by atoms with Gasteiger partial charge in [0.25, 0.3) is 0 Å². The molecule has 0 aliphatic rings. The van der Waals surface area contributed by atoms with Crippen LogP contribution in [0.4, 0.5) is 29.9 Å². The van der Waals surface area contributed by atoms with Gasteiger partial charge in [-0.2, -0.15) is 13.2 Å². The lowest BCUT2D eigenvalue weighted by molar-refractivity contribution is -0.141. The molecular weight excluding hydrogens is 407 g/mol. The molecule has 0 spiro atoms. The lowest BCUT2D eigenvalue weighted by Gasteiger charge is -2.09. The van der Waals surface area contributed by atoms with Crippen LogP contribution in [0.5, 0.6) is 0 Å². The Bertz CT molecular complexity index is 993. The van der Waals surface area contributed by atoms with Gasteiger partial charge in [0.2, 0.25) is 5.95 Å². The van der Waals surface area contributed by atoms with Crippen LogP contribution in [0, 0.1) is 0 Å². The Balaban J connectivity index is 1.71. The van der Waals surface area contributed by atoms with Crippen LogP contribution in [-0.4, -0.2) is 34.1 Å². The molecule has 2 heterocycles. The van der Waals surface area contributed by atoms with Crippen molar-refractivity contribution in [1.29, 1.82) is 0 Å². The number of benzene rings is 1. The Morgan fingerprint density at radius 1 is 1.24 bits per heavy atom. The maximum atomic E-state index is 12.8. The van der Waals surface area contributed by atoms with Crippen molar-refractivity contribution in [3.05, 3.63) is 48.4 Å². The molecule has 0 bridgehead atoms. The summed E-state index contributed by atoms with van der Waals surface area (Å²) >= 11 is 1.33. The van der Waals surface area contributed by atoms with Crippen LogP contribution in [0.25, 0.3) is 10.4 Å². The summed E-state index contributed by atoms with van der Waals surface area (Å²) in [5, 5.41) is 6.21. The van der Waals surface area contributed by atoms with E-state index >= 15 is 0 Å². The second-order valence-corrected chi connectivity index (χ2v) is 6.69. The Hall–Kier alpha value is -3.21. The fourth-order valence-electron chi connectivity index (χ4n) is 2.31. The van der Waals surface area contributed by atoms with Gasteiger partial charge < -0.3 is 15.4 Å². The molecule has 0 radical (unpaired) electrons. The van der Waals surface area contributed by atoms with Crippen LogP contribution in [0.15, 0.2) is 42.7 Å². The highest BCUT2D eigenvalue weighted by Crippen LogP contribution is 2.31. The summed E-state index contributed by atoms with van der Waals surface area (Å²) in [6.45, 7) is 2.04. The monoisotopic (exact) mass is 423 g/mol. The summed E-state index contributed by atoms with van der Waals surface area (Å²) in [5.74, 6) is -0.533. The molecule has 29 heavy (non-hydrogen) atoms. The molecule has 3 rings (SSSR count). The molecule has 0 aliphatic heterocycles. The number of halogens is 3. The molecule has 0 unspecified atom stereocenters. The quantitative estimate of drug-likeness (QED) is 0.547. The summed E-state index contributed by atoms with van der Waals surface area (Å²) in [5.41, 5.74) is 0.297. The number of carbonyl (C=O) groups is 1. The van der Waals surface area contributed by atoms with E-state index in [1.54, 1.807) is 31.3 Å². The summed E-state index contributed by atoms with van der Waals surface area (Å²) in [6.07, 6.45) is -1.86. The topological polar surface area (TPSA) is 89.0 Å². The third kappa shape index (κ3) is 5.64. The van der Waals surface area contributed by atoms with E-state index in [2.05, 4.69) is 25.6 Å². The third-order valence-electron chi connectivity index (χ3n) is 3.54. The molecular formula is C18H16F3N5O2S. The predicted octanol–water partition coefficient (Wildman–Crippen LogP) is 4.34. The third-order valence-corrected chi connectivity index (χ3v) is 4.55. The summed E-state index contributed by atoms with van der Waals surface area (Å²) in [6, 6.07) is 7.82. The highest BCUT2D eigenvalue weighted by atomic mass is 32.1. The van der Waals surface area contributed by atoms with Crippen molar-refractivity contribution in [3.63, 3.8) is 0 Å². The zero-order valence-electron chi connectivity index (χ0n) is 15.2. The van der Waals surface area contributed by atoms with Gasteiger partial charge in [-0.3, -0.25) is 4.79 Å². The molecule has 11 heteroatoms. The van der Waals surface area contributed by atoms with E-state index in [1.807, 2.05) is 6.07 Å². The van der Waals surface area contributed by atoms with E-state index in [0.717, 1.165) is 22.7 Å². The smallest absolute Gasteiger partial charge is 0.433 e. The van der Waals surface area contributed by atoms with Crippen LogP contribution < -0.4 is 10.6 Å². The first-order valence-electron chi connectivity index (χ1n) is 8.48. The maximum absolute atomic E-state index is 12.8.